The fourth-order valence-corrected chi connectivity index (χ4v) is 2.31. The molecule has 1 atom stereocenters. The highest BCUT2D eigenvalue weighted by Gasteiger charge is 2.19. The van der Waals surface area contributed by atoms with Crippen LogP contribution in [-0.4, -0.2) is 31.1 Å². The zero-order chi connectivity index (χ0) is 12.3. The summed E-state index contributed by atoms with van der Waals surface area (Å²) in [7, 11) is 0. The van der Waals surface area contributed by atoms with Gasteiger partial charge in [-0.15, -0.1) is 31.4 Å². The van der Waals surface area contributed by atoms with E-state index in [2.05, 4.69) is 16.8 Å². The molecule has 0 amide bonds. The summed E-state index contributed by atoms with van der Waals surface area (Å²) < 4.78 is 13.3. The SMILES string of the molecule is C=C[C@@H](c1ccc(F)c(C)c1)N1CCNCC1.Cl.Cl. The molecule has 2 rings (SSSR count). The van der Waals surface area contributed by atoms with E-state index in [0.717, 1.165) is 31.7 Å². The Balaban J connectivity index is 0.00000162. The lowest BCUT2D eigenvalue weighted by molar-refractivity contribution is 0.203. The number of hydrogen-bond acceptors (Lipinski definition) is 2. The molecule has 19 heavy (non-hydrogen) atoms. The lowest BCUT2D eigenvalue weighted by Crippen LogP contribution is -2.44. The Kier molecular flexibility index (Phi) is 8.26. The zero-order valence-corrected chi connectivity index (χ0v) is 12.7. The molecule has 1 saturated heterocycles. The van der Waals surface area contributed by atoms with Gasteiger partial charge in [0.05, 0.1) is 6.04 Å². The van der Waals surface area contributed by atoms with Gasteiger partial charge in [0.15, 0.2) is 0 Å². The molecule has 108 valence electrons. The average Bonchev–Trinajstić information content (AvgIpc) is 2.36. The molecule has 5 heteroatoms. The van der Waals surface area contributed by atoms with E-state index in [1.165, 1.54) is 0 Å². The highest BCUT2D eigenvalue weighted by Crippen LogP contribution is 2.23. The van der Waals surface area contributed by atoms with Crippen LogP contribution >= 0.6 is 24.8 Å². The maximum absolute atomic E-state index is 13.3. The summed E-state index contributed by atoms with van der Waals surface area (Å²) in [5, 5.41) is 3.33. The van der Waals surface area contributed by atoms with Crippen molar-refractivity contribution in [1.82, 2.24) is 10.2 Å². The molecule has 0 saturated carbocycles. The van der Waals surface area contributed by atoms with E-state index in [1.807, 2.05) is 18.2 Å². The van der Waals surface area contributed by atoms with Gasteiger partial charge < -0.3 is 5.32 Å². The molecule has 1 N–H and O–H groups in total. The van der Waals surface area contributed by atoms with Gasteiger partial charge in [-0.1, -0.05) is 18.2 Å². The van der Waals surface area contributed by atoms with E-state index in [0.29, 0.717) is 5.56 Å². The Labute approximate surface area is 126 Å². The largest absolute Gasteiger partial charge is 0.314 e. The summed E-state index contributed by atoms with van der Waals surface area (Å²) in [5.41, 5.74) is 1.82. The van der Waals surface area contributed by atoms with Crippen molar-refractivity contribution in [3.63, 3.8) is 0 Å². The van der Waals surface area contributed by atoms with Gasteiger partial charge in [0.1, 0.15) is 5.82 Å². The summed E-state index contributed by atoms with van der Waals surface area (Å²) in [6.45, 7) is 9.73. The van der Waals surface area contributed by atoms with Crippen LogP contribution in [0.2, 0.25) is 0 Å². The minimum atomic E-state index is -0.142. The quantitative estimate of drug-likeness (QED) is 0.863. The van der Waals surface area contributed by atoms with Crippen LogP contribution in [0.3, 0.4) is 0 Å². The Morgan fingerprint density at radius 2 is 1.95 bits per heavy atom. The highest BCUT2D eigenvalue weighted by molar-refractivity contribution is 5.85. The number of halogens is 3. The van der Waals surface area contributed by atoms with Crippen LogP contribution in [0.25, 0.3) is 0 Å². The lowest BCUT2D eigenvalue weighted by atomic mass is 10.0. The molecule has 0 radical (unpaired) electrons. The molecule has 1 heterocycles. The summed E-state index contributed by atoms with van der Waals surface area (Å²) in [6.07, 6.45) is 1.94. The Morgan fingerprint density at radius 1 is 1.32 bits per heavy atom. The van der Waals surface area contributed by atoms with Gasteiger partial charge in [0.2, 0.25) is 0 Å². The number of nitrogens with zero attached hydrogens (tertiary/aromatic N) is 1. The van der Waals surface area contributed by atoms with Crippen LogP contribution < -0.4 is 5.32 Å². The minimum absolute atomic E-state index is 0. The Bertz CT molecular complexity index is 406. The van der Waals surface area contributed by atoms with Crippen molar-refractivity contribution < 1.29 is 4.39 Å². The summed E-state index contributed by atoms with van der Waals surface area (Å²) in [5.74, 6) is -0.142. The van der Waals surface area contributed by atoms with Crippen LogP contribution in [0.4, 0.5) is 4.39 Å². The molecule has 0 aliphatic carbocycles. The molecule has 0 aromatic heterocycles. The first-order chi connectivity index (χ1) is 8.22. The third kappa shape index (κ3) is 4.46. The molecule has 1 aromatic rings. The maximum Gasteiger partial charge on any atom is 0.126 e. The Hall–Kier alpha value is -0.610. The average molecular weight is 307 g/mol. The molecule has 0 spiro atoms. The standard InChI is InChI=1S/C14H19FN2.2ClH/c1-3-14(17-8-6-16-7-9-17)12-4-5-13(15)11(2)10-12;;/h3-5,10,14,16H,1,6-9H2,2H3;2*1H/t14-;;/m0../s1. The third-order valence-electron chi connectivity index (χ3n) is 3.29. The fourth-order valence-electron chi connectivity index (χ4n) is 2.31. The number of aryl methyl sites for hydroxylation is 1. The number of piperazine rings is 1. The van der Waals surface area contributed by atoms with Crippen LogP contribution in [0.1, 0.15) is 17.2 Å². The predicted molar refractivity (Wildman–Crippen MR) is 83.0 cm³/mol. The molecule has 1 aliphatic rings. The fraction of sp³-hybridized carbons (Fsp3) is 0.429. The highest BCUT2D eigenvalue weighted by atomic mass is 35.5. The molecule has 0 unspecified atom stereocenters. The second-order valence-corrected chi connectivity index (χ2v) is 4.48. The second kappa shape index (κ2) is 8.54. The van der Waals surface area contributed by atoms with E-state index < -0.39 is 0 Å². The van der Waals surface area contributed by atoms with Crippen molar-refractivity contribution in [3.05, 3.63) is 47.8 Å². The van der Waals surface area contributed by atoms with Gasteiger partial charge in [-0.05, 0) is 24.1 Å². The summed E-state index contributed by atoms with van der Waals surface area (Å²) in [4.78, 5) is 2.37. The van der Waals surface area contributed by atoms with Crippen LogP contribution in [0.5, 0.6) is 0 Å². The lowest BCUT2D eigenvalue weighted by Gasteiger charge is -2.33. The first kappa shape index (κ1) is 18.4. The van der Waals surface area contributed by atoms with Crippen molar-refractivity contribution >= 4 is 24.8 Å². The number of nitrogens with one attached hydrogen (secondary N) is 1. The molecule has 0 bridgehead atoms. The molecule has 1 fully saturated rings. The van der Waals surface area contributed by atoms with Gasteiger partial charge in [-0.25, -0.2) is 4.39 Å². The van der Waals surface area contributed by atoms with Gasteiger partial charge in [0, 0.05) is 26.2 Å². The first-order valence-electron chi connectivity index (χ1n) is 6.06. The van der Waals surface area contributed by atoms with Crippen molar-refractivity contribution in [3.8, 4) is 0 Å². The predicted octanol–water partition coefficient (Wildman–Crippen LogP) is 3.11. The molecule has 1 aromatic carbocycles. The monoisotopic (exact) mass is 306 g/mol. The Morgan fingerprint density at radius 3 is 2.47 bits per heavy atom. The molecular formula is C14H21Cl2FN2. The van der Waals surface area contributed by atoms with E-state index in [9.17, 15) is 4.39 Å². The number of rotatable bonds is 3. The normalized spacial score (nSPS) is 16.9. The maximum atomic E-state index is 13.3. The summed E-state index contributed by atoms with van der Waals surface area (Å²) >= 11 is 0. The van der Waals surface area contributed by atoms with E-state index in [-0.39, 0.29) is 36.7 Å². The van der Waals surface area contributed by atoms with Crippen molar-refractivity contribution in [2.24, 2.45) is 0 Å². The van der Waals surface area contributed by atoms with Crippen LogP contribution in [0, 0.1) is 12.7 Å². The second-order valence-electron chi connectivity index (χ2n) is 4.48. The topological polar surface area (TPSA) is 15.3 Å². The van der Waals surface area contributed by atoms with Crippen LogP contribution in [-0.2, 0) is 0 Å². The van der Waals surface area contributed by atoms with Crippen molar-refractivity contribution in [2.75, 3.05) is 26.2 Å². The van der Waals surface area contributed by atoms with E-state index in [4.69, 9.17) is 0 Å². The van der Waals surface area contributed by atoms with Gasteiger partial charge >= 0.3 is 0 Å². The van der Waals surface area contributed by atoms with E-state index >= 15 is 0 Å². The van der Waals surface area contributed by atoms with Gasteiger partial charge in [0.25, 0.3) is 0 Å². The number of benzene rings is 1. The minimum Gasteiger partial charge on any atom is -0.314 e. The van der Waals surface area contributed by atoms with Crippen molar-refractivity contribution in [1.29, 1.82) is 0 Å². The third-order valence-corrected chi connectivity index (χ3v) is 3.29. The van der Waals surface area contributed by atoms with Crippen molar-refractivity contribution in [2.45, 2.75) is 13.0 Å². The van der Waals surface area contributed by atoms with Gasteiger partial charge in [-0.3, -0.25) is 4.90 Å². The molecular weight excluding hydrogens is 286 g/mol. The summed E-state index contributed by atoms with van der Waals surface area (Å²) in [6, 6.07) is 5.51. The van der Waals surface area contributed by atoms with E-state index in [1.54, 1.807) is 13.0 Å². The number of hydrogen-bond donors (Lipinski definition) is 1. The molecule has 2 nitrogen and oxygen atoms in total. The molecule has 1 aliphatic heterocycles. The zero-order valence-electron chi connectivity index (χ0n) is 11.1. The van der Waals surface area contributed by atoms with Gasteiger partial charge in [-0.2, -0.15) is 0 Å². The first-order valence-corrected chi connectivity index (χ1v) is 6.06. The van der Waals surface area contributed by atoms with Crippen LogP contribution in [0.15, 0.2) is 30.9 Å². The smallest absolute Gasteiger partial charge is 0.126 e.